The van der Waals surface area contributed by atoms with Crippen LogP contribution in [-0.4, -0.2) is 38.4 Å². The first-order valence-corrected chi connectivity index (χ1v) is 9.19. The first-order chi connectivity index (χ1) is 9.46. The summed E-state index contributed by atoms with van der Waals surface area (Å²) < 4.78 is 28.3. The molecule has 1 unspecified atom stereocenters. The van der Waals surface area contributed by atoms with E-state index in [0.717, 1.165) is 36.0 Å². The Morgan fingerprint density at radius 2 is 2.20 bits per heavy atom. The summed E-state index contributed by atoms with van der Waals surface area (Å²) in [6.07, 6.45) is 1.71. The molecule has 0 amide bonds. The third kappa shape index (κ3) is 3.24. The second-order valence-corrected chi connectivity index (χ2v) is 7.92. The summed E-state index contributed by atoms with van der Waals surface area (Å²) in [5.74, 6) is 0. The van der Waals surface area contributed by atoms with Gasteiger partial charge in [-0.15, -0.1) is 0 Å². The molecule has 112 valence electrons. The highest BCUT2D eigenvalue weighted by molar-refractivity contribution is 9.10. The molecular weight excluding hydrogens is 340 g/mol. The van der Waals surface area contributed by atoms with Crippen molar-refractivity contribution in [1.82, 2.24) is 9.62 Å². The van der Waals surface area contributed by atoms with Crippen molar-refractivity contribution in [1.29, 1.82) is 0 Å². The molecule has 1 aromatic carbocycles. The van der Waals surface area contributed by atoms with Crippen molar-refractivity contribution in [2.45, 2.75) is 37.6 Å². The zero-order valence-electron chi connectivity index (χ0n) is 11.9. The normalized spacial score (nSPS) is 19.7. The van der Waals surface area contributed by atoms with Gasteiger partial charge in [0.15, 0.2) is 0 Å². The lowest BCUT2D eigenvalue weighted by atomic mass is 10.2. The van der Waals surface area contributed by atoms with E-state index in [9.17, 15) is 8.42 Å². The Hall–Kier alpha value is -0.430. The van der Waals surface area contributed by atoms with Gasteiger partial charge in [-0.2, -0.15) is 4.31 Å². The Morgan fingerprint density at radius 3 is 2.75 bits per heavy atom. The second kappa shape index (κ2) is 6.56. The maximum absolute atomic E-state index is 12.9. The van der Waals surface area contributed by atoms with E-state index in [0.29, 0.717) is 11.4 Å². The van der Waals surface area contributed by atoms with Crippen molar-refractivity contribution < 1.29 is 8.42 Å². The highest BCUT2D eigenvalue weighted by atomic mass is 79.9. The van der Waals surface area contributed by atoms with Crippen LogP contribution in [0.2, 0.25) is 0 Å². The lowest BCUT2D eigenvalue weighted by Gasteiger charge is -2.27. The van der Waals surface area contributed by atoms with Crippen molar-refractivity contribution in [3.05, 3.63) is 28.2 Å². The average Bonchev–Trinajstić information content (AvgIpc) is 2.92. The number of halogens is 1. The van der Waals surface area contributed by atoms with Crippen LogP contribution < -0.4 is 5.32 Å². The number of nitrogens with zero attached hydrogens (tertiary/aromatic N) is 1. The lowest BCUT2D eigenvalue weighted by Crippen LogP contribution is -2.42. The number of sulfonamides is 1. The van der Waals surface area contributed by atoms with Crippen LogP contribution in [0.4, 0.5) is 0 Å². The predicted molar refractivity (Wildman–Crippen MR) is 84.3 cm³/mol. The van der Waals surface area contributed by atoms with Crippen molar-refractivity contribution in [2.75, 3.05) is 19.6 Å². The summed E-state index contributed by atoms with van der Waals surface area (Å²) in [5.41, 5.74) is 0.937. The van der Waals surface area contributed by atoms with Gasteiger partial charge >= 0.3 is 0 Å². The molecule has 1 aliphatic heterocycles. The van der Waals surface area contributed by atoms with Gasteiger partial charge in [0.05, 0.1) is 4.90 Å². The largest absolute Gasteiger partial charge is 0.315 e. The molecule has 0 aromatic heterocycles. The number of hydrogen-bond donors (Lipinski definition) is 1. The molecule has 1 aromatic rings. The van der Waals surface area contributed by atoms with Crippen LogP contribution in [0.5, 0.6) is 0 Å². The minimum atomic E-state index is -3.41. The highest BCUT2D eigenvalue weighted by Crippen LogP contribution is 2.25. The van der Waals surface area contributed by atoms with Crippen LogP contribution in [0.15, 0.2) is 27.6 Å². The van der Waals surface area contributed by atoms with Gasteiger partial charge in [0.1, 0.15) is 0 Å². The smallest absolute Gasteiger partial charge is 0.243 e. The Balaban J connectivity index is 2.36. The standard InChI is InChI=1S/C14H21BrN2O2S/c1-3-8-17(12-6-7-16-10-12)20(18,19)13-4-5-14(15)11(2)9-13/h4-5,9,12,16H,3,6-8,10H2,1-2H3. The number of nitrogens with one attached hydrogen (secondary N) is 1. The van der Waals surface area contributed by atoms with Crippen LogP contribution in [0.25, 0.3) is 0 Å². The molecule has 1 heterocycles. The van der Waals surface area contributed by atoms with Crippen LogP contribution in [0.1, 0.15) is 25.3 Å². The molecule has 0 aliphatic carbocycles. The van der Waals surface area contributed by atoms with Gasteiger partial charge in [0, 0.05) is 23.6 Å². The predicted octanol–water partition coefficient (Wildman–Crippen LogP) is 2.52. The monoisotopic (exact) mass is 360 g/mol. The number of rotatable bonds is 5. The van der Waals surface area contributed by atoms with Crippen LogP contribution in [0.3, 0.4) is 0 Å². The van der Waals surface area contributed by atoms with Gasteiger partial charge in [-0.3, -0.25) is 0 Å². The first kappa shape index (κ1) is 15.9. The maximum atomic E-state index is 12.9. The molecule has 1 fully saturated rings. The van der Waals surface area contributed by atoms with E-state index in [2.05, 4.69) is 21.2 Å². The van der Waals surface area contributed by atoms with E-state index in [4.69, 9.17) is 0 Å². The van der Waals surface area contributed by atoms with Gasteiger partial charge in [-0.05, 0) is 50.1 Å². The van der Waals surface area contributed by atoms with Crippen molar-refractivity contribution in [3.63, 3.8) is 0 Å². The maximum Gasteiger partial charge on any atom is 0.243 e. The third-order valence-corrected chi connectivity index (χ3v) is 6.46. The first-order valence-electron chi connectivity index (χ1n) is 6.95. The fraction of sp³-hybridized carbons (Fsp3) is 0.571. The van der Waals surface area contributed by atoms with E-state index in [1.54, 1.807) is 22.5 Å². The summed E-state index contributed by atoms with van der Waals surface area (Å²) in [4.78, 5) is 0.388. The molecule has 4 nitrogen and oxygen atoms in total. The third-order valence-electron chi connectivity index (χ3n) is 3.62. The summed E-state index contributed by atoms with van der Waals surface area (Å²) in [5, 5.41) is 3.24. The summed E-state index contributed by atoms with van der Waals surface area (Å²) in [6, 6.07) is 5.30. The van der Waals surface area contributed by atoms with Crippen LogP contribution in [0, 0.1) is 6.92 Å². The fourth-order valence-electron chi connectivity index (χ4n) is 2.52. The molecule has 20 heavy (non-hydrogen) atoms. The topological polar surface area (TPSA) is 49.4 Å². The number of aryl methyl sites for hydroxylation is 1. The van der Waals surface area contributed by atoms with Crippen molar-refractivity contribution in [3.8, 4) is 0 Å². The summed E-state index contributed by atoms with van der Waals surface area (Å²) >= 11 is 3.41. The molecule has 0 saturated carbocycles. The minimum Gasteiger partial charge on any atom is -0.315 e. The van der Waals surface area contributed by atoms with Gasteiger partial charge in [-0.25, -0.2) is 8.42 Å². The van der Waals surface area contributed by atoms with Crippen LogP contribution in [-0.2, 0) is 10.0 Å². The molecule has 1 saturated heterocycles. The van der Waals surface area contributed by atoms with E-state index in [-0.39, 0.29) is 6.04 Å². The Kier molecular flexibility index (Phi) is 5.23. The fourth-order valence-corrected chi connectivity index (χ4v) is 4.60. The van der Waals surface area contributed by atoms with Gasteiger partial charge in [0.25, 0.3) is 0 Å². The van der Waals surface area contributed by atoms with E-state index in [1.807, 2.05) is 13.8 Å². The van der Waals surface area contributed by atoms with Gasteiger partial charge < -0.3 is 5.32 Å². The molecule has 0 spiro atoms. The van der Waals surface area contributed by atoms with Gasteiger partial charge in [0.2, 0.25) is 10.0 Å². The van der Waals surface area contributed by atoms with Crippen molar-refractivity contribution in [2.24, 2.45) is 0 Å². The van der Waals surface area contributed by atoms with E-state index in [1.165, 1.54) is 0 Å². The molecule has 0 bridgehead atoms. The minimum absolute atomic E-state index is 0.0731. The van der Waals surface area contributed by atoms with Crippen molar-refractivity contribution >= 4 is 26.0 Å². The second-order valence-electron chi connectivity index (χ2n) is 5.17. The molecular formula is C14H21BrN2O2S. The molecule has 0 radical (unpaired) electrons. The highest BCUT2D eigenvalue weighted by Gasteiger charge is 2.32. The molecule has 6 heteroatoms. The van der Waals surface area contributed by atoms with Crippen LogP contribution >= 0.6 is 15.9 Å². The molecule has 2 rings (SSSR count). The van der Waals surface area contributed by atoms with E-state index < -0.39 is 10.0 Å². The molecule has 1 aliphatic rings. The number of benzene rings is 1. The average molecular weight is 361 g/mol. The van der Waals surface area contributed by atoms with E-state index >= 15 is 0 Å². The Labute approximate surface area is 129 Å². The number of hydrogen-bond acceptors (Lipinski definition) is 3. The zero-order chi connectivity index (χ0) is 14.8. The summed E-state index contributed by atoms with van der Waals surface area (Å²) in [6.45, 7) is 6.13. The SMILES string of the molecule is CCCN(C1CCNC1)S(=O)(=O)c1ccc(Br)c(C)c1. The quantitative estimate of drug-likeness (QED) is 0.877. The Bertz CT molecular complexity index is 569. The molecule has 1 N–H and O–H groups in total. The zero-order valence-corrected chi connectivity index (χ0v) is 14.3. The summed E-state index contributed by atoms with van der Waals surface area (Å²) in [7, 11) is -3.41. The lowest BCUT2D eigenvalue weighted by molar-refractivity contribution is 0.335. The Morgan fingerprint density at radius 1 is 1.45 bits per heavy atom. The molecule has 1 atom stereocenters. The van der Waals surface area contributed by atoms with Gasteiger partial charge in [-0.1, -0.05) is 22.9 Å².